The molecule has 0 aliphatic carbocycles. The normalized spacial score (nSPS) is 12.4. The molecule has 4 aromatic rings. The maximum Gasteiger partial charge on any atom is 0.296 e. The van der Waals surface area contributed by atoms with E-state index in [0.29, 0.717) is 16.7 Å². The van der Waals surface area contributed by atoms with Crippen LogP contribution in [0.25, 0.3) is 0 Å². The number of nitrogens with one attached hydrogen (secondary N) is 1. The van der Waals surface area contributed by atoms with Gasteiger partial charge in [0.05, 0.1) is 17.8 Å². The molecular weight excluding hydrogens is 464 g/mol. The van der Waals surface area contributed by atoms with Crippen molar-refractivity contribution in [3.63, 3.8) is 0 Å². The summed E-state index contributed by atoms with van der Waals surface area (Å²) < 4.78 is 7.32. The molecule has 1 amide bonds. The minimum Gasteiger partial charge on any atom is -0.501 e. The van der Waals surface area contributed by atoms with Crippen molar-refractivity contribution in [2.75, 3.05) is 5.32 Å². The summed E-state index contributed by atoms with van der Waals surface area (Å²) in [6.07, 6.45) is 4.10. The van der Waals surface area contributed by atoms with Crippen LogP contribution < -0.4 is 10.9 Å². The Morgan fingerprint density at radius 3 is 2.61 bits per heavy atom. The maximum atomic E-state index is 12.9. The van der Waals surface area contributed by atoms with Gasteiger partial charge in [-0.15, -0.1) is 0 Å². The minimum atomic E-state index is -0.838. The second-order valence-corrected chi connectivity index (χ2v) is 8.08. The highest BCUT2D eigenvalue weighted by Gasteiger charge is 2.33. The summed E-state index contributed by atoms with van der Waals surface area (Å²) in [5, 5.41) is 40.1. The second kappa shape index (κ2) is 9.56. The highest BCUT2D eigenvalue weighted by Crippen LogP contribution is 2.40. The first kappa shape index (κ1) is 23.9. The van der Waals surface area contributed by atoms with Gasteiger partial charge in [-0.1, -0.05) is 30.3 Å². The van der Waals surface area contributed by atoms with Crippen molar-refractivity contribution >= 4 is 11.6 Å². The summed E-state index contributed by atoms with van der Waals surface area (Å²) in [5.74, 6) is -2.79. The lowest BCUT2D eigenvalue weighted by Gasteiger charge is -2.26. The first-order valence-electron chi connectivity index (χ1n) is 10.7. The lowest BCUT2D eigenvalue weighted by atomic mass is 9.79. The van der Waals surface area contributed by atoms with Crippen LogP contribution in [-0.4, -0.2) is 35.5 Å². The van der Waals surface area contributed by atoms with Crippen molar-refractivity contribution in [3.8, 4) is 17.9 Å². The lowest BCUT2D eigenvalue weighted by molar-refractivity contribution is 0.101. The monoisotopic (exact) mass is 484 g/mol. The number of benzene rings is 1. The standard InChI is InChI=1S/C24H20N8O4/c1-13(19(16-7-5-4-6-14(16)8-25)17-11-31(2)30-18(17)9-26)22-29-20(21(33)24(35)32(22)3)23(34)28-15-10-27-36-12-15/h4-7,10-13,19,33H,1-3H3,(H,28,34)/t13-,19+/m1/s1. The Kier molecular flexibility index (Phi) is 6.35. The van der Waals surface area contributed by atoms with Crippen LogP contribution in [-0.2, 0) is 14.1 Å². The van der Waals surface area contributed by atoms with Gasteiger partial charge < -0.3 is 14.9 Å². The van der Waals surface area contributed by atoms with Gasteiger partial charge in [0.15, 0.2) is 11.4 Å². The summed E-state index contributed by atoms with van der Waals surface area (Å²) in [7, 11) is 3.09. The van der Waals surface area contributed by atoms with E-state index in [1.165, 1.54) is 24.2 Å². The zero-order chi connectivity index (χ0) is 26.0. The Balaban J connectivity index is 1.91. The zero-order valence-electron chi connectivity index (χ0n) is 19.5. The van der Waals surface area contributed by atoms with Crippen molar-refractivity contribution in [2.24, 2.45) is 14.1 Å². The average Bonchev–Trinajstić information content (AvgIpc) is 3.52. The summed E-state index contributed by atoms with van der Waals surface area (Å²) in [4.78, 5) is 30.1. The number of nitrogens with zero attached hydrogens (tertiary/aromatic N) is 7. The number of rotatable bonds is 6. The van der Waals surface area contributed by atoms with E-state index in [9.17, 15) is 25.2 Å². The van der Waals surface area contributed by atoms with Gasteiger partial charge in [0, 0.05) is 37.7 Å². The van der Waals surface area contributed by atoms with E-state index < -0.39 is 34.7 Å². The molecule has 3 heterocycles. The fourth-order valence-corrected chi connectivity index (χ4v) is 4.18. The quantitative estimate of drug-likeness (QED) is 0.415. The number of aryl methyl sites for hydroxylation is 1. The maximum absolute atomic E-state index is 12.9. The molecule has 180 valence electrons. The fraction of sp³-hybridized carbons (Fsp3) is 0.208. The summed E-state index contributed by atoms with van der Waals surface area (Å²) in [5.41, 5.74) is 0.531. The zero-order valence-corrected chi connectivity index (χ0v) is 19.5. The third kappa shape index (κ3) is 4.19. The van der Waals surface area contributed by atoms with Gasteiger partial charge in [-0.05, 0) is 11.6 Å². The van der Waals surface area contributed by atoms with Gasteiger partial charge >= 0.3 is 0 Å². The molecule has 4 rings (SSSR count). The largest absolute Gasteiger partial charge is 0.501 e. The van der Waals surface area contributed by atoms with Gasteiger partial charge in [0.1, 0.15) is 23.8 Å². The van der Waals surface area contributed by atoms with E-state index >= 15 is 0 Å². The molecule has 0 bridgehead atoms. The number of carbonyl (C=O) groups is 1. The van der Waals surface area contributed by atoms with E-state index in [0.717, 1.165) is 4.57 Å². The van der Waals surface area contributed by atoms with Crippen molar-refractivity contribution in [1.29, 1.82) is 10.5 Å². The van der Waals surface area contributed by atoms with Crippen LogP contribution in [0.1, 0.15) is 57.5 Å². The Labute approximate surface area is 204 Å². The van der Waals surface area contributed by atoms with Gasteiger partial charge in [-0.25, -0.2) is 4.98 Å². The average molecular weight is 484 g/mol. The fourth-order valence-electron chi connectivity index (χ4n) is 4.18. The molecule has 2 atom stereocenters. The molecule has 2 N–H and O–H groups in total. The third-order valence-electron chi connectivity index (χ3n) is 5.83. The van der Waals surface area contributed by atoms with Gasteiger partial charge in [0.25, 0.3) is 11.5 Å². The summed E-state index contributed by atoms with van der Waals surface area (Å²) in [6, 6.07) is 11.1. The number of aromatic nitrogens is 5. The van der Waals surface area contributed by atoms with Gasteiger partial charge in [0.2, 0.25) is 5.75 Å². The van der Waals surface area contributed by atoms with Crippen molar-refractivity contribution in [2.45, 2.75) is 18.8 Å². The second-order valence-electron chi connectivity index (χ2n) is 8.08. The number of hydrogen-bond acceptors (Lipinski definition) is 9. The first-order valence-corrected chi connectivity index (χ1v) is 10.7. The van der Waals surface area contributed by atoms with Crippen LogP contribution in [0.5, 0.6) is 5.75 Å². The van der Waals surface area contributed by atoms with E-state index in [-0.39, 0.29) is 17.2 Å². The summed E-state index contributed by atoms with van der Waals surface area (Å²) >= 11 is 0. The Morgan fingerprint density at radius 1 is 1.19 bits per heavy atom. The molecular formula is C24H20N8O4. The molecule has 12 nitrogen and oxygen atoms in total. The Bertz CT molecular complexity index is 1590. The molecule has 0 aliphatic heterocycles. The molecule has 0 unspecified atom stereocenters. The number of anilines is 1. The van der Waals surface area contributed by atoms with Crippen LogP contribution in [0, 0.1) is 22.7 Å². The van der Waals surface area contributed by atoms with Crippen LogP contribution in [0.15, 0.2) is 52.2 Å². The predicted octanol–water partition coefficient (Wildman–Crippen LogP) is 2.14. The van der Waals surface area contributed by atoms with Gasteiger partial charge in [-0.3, -0.25) is 18.8 Å². The minimum absolute atomic E-state index is 0.149. The molecule has 0 radical (unpaired) electrons. The number of carbonyl (C=O) groups excluding carboxylic acids is 1. The van der Waals surface area contributed by atoms with Crippen LogP contribution in [0.3, 0.4) is 0 Å². The smallest absolute Gasteiger partial charge is 0.296 e. The highest BCUT2D eigenvalue weighted by molar-refractivity contribution is 6.04. The van der Waals surface area contributed by atoms with E-state index in [4.69, 9.17) is 0 Å². The molecule has 1 aromatic carbocycles. The van der Waals surface area contributed by atoms with E-state index in [1.807, 2.05) is 0 Å². The number of nitriles is 2. The van der Waals surface area contributed by atoms with Crippen molar-refractivity contribution in [3.05, 3.63) is 87.2 Å². The first-order chi connectivity index (χ1) is 17.3. The van der Waals surface area contributed by atoms with Crippen LogP contribution >= 0.6 is 0 Å². The number of amides is 1. The Hall–Kier alpha value is -5.23. The Morgan fingerprint density at radius 2 is 1.94 bits per heavy atom. The molecule has 0 fully saturated rings. The summed E-state index contributed by atoms with van der Waals surface area (Å²) in [6.45, 7) is 1.76. The SMILES string of the molecule is C[C@@H](c1nc(C(=O)Nc2cnoc2)c(O)c(=O)n1C)[C@@H](c1ccccc1C#N)c1cn(C)nc1C#N. The predicted molar refractivity (Wildman–Crippen MR) is 125 cm³/mol. The van der Waals surface area contributed by atoms with E-state index in [1.54, 1.807) is 44.4 Å². The van der Waals surface area contributed by atoms with Crippen LogP contribution in [0.2, 0.25) is 0 Å². The van der Waals surface area contributed by atoms with Crippen molar-refractivity contribution < 1.29 is 14.4 Å². The van der Waals surface area contributed by atoms with Crippen LogP contribution in [0.4, 0.5) is 5.69 Å². The highest BCUT2D eigenvalue weighted by atomic mass is 16.5. The van der Waals surface area contributed by atoms with Gasteiger partial charge in [-0.2, -0.15) is 15.6 Å². The molecule has 0 aliphatic rings. The molecule has 3 aromatic heterocycles. The molecule has 0 saturated carbocycles. The van der Waals surface area contributed by atoms with E-state index in [2.05, 4.69) is 37.2 Å². The molecule has 0 spiro atoms. The number of hydrogen-bond donors (Lipinski definition) is 2. The third-order valence-corrected chi connectivity index (χ3v) is 5.83. The molecule has 12 heteroatoms. The molecule has 36 heavy (non-hydrogen) atoms. The topological polar surface area (TPSA) is 176 Å². The number of aromatic hydroxyl groups is 1. The molecule has 0 saturated heterocycles. The lowest BCUT2D eigenvalue weighted by Crippen LogP contribution is -2.29. The van der Waals surface area contributed by atoms with Crippen molar-refractivity contribution in [1.82, 2.24) is 24.5 Å².